The van der Waals surface area contributed by atoms with E-state index in [9.17, 15) is 8.42 Å². The predicted octanol–water partition coefficient (Wildman–Crippen LogP) is 1.58. The molecule has 1 aliphatic carbocycles. The second-order valence-corrected chi connectivity index (χ2v) is 8.44. The van der Waals surface area contributed by atoms with Gasteiger partial charge in [-0.05, 0) is 49.2 Å². The van der Waals surface area contributed by atoms with Crippen LogP contribution in [0.2, 0.25) is 0 Å². The monoisotopic (exact) mass is 300 g/mol. The Hall–Kier alpha value is -0.430. The summed E-state index contributed by atoms with van der Waals surface area (Å²) in [4.78, 5) is 1.35. The first-order valence-corrected chi connectivity index (χ1v) is 9.40. The molecule has 0 unspecified atom stereocenters. The Balaban J connectivity index is 1.52. The highest BCUT2D eigenvalue weighted by molar-refractivity contribution is 7.89. The minimum Gasteiger partial charge on any atom is -0.314 e. The Morgan fingerprint density at radius 1 is 1.42 bits per heavy atom. The lowest BCUT2D eigenvalue weighted by Crippen LogP contribution is -2.37. The van der Waals surface area contributed by atoms with Gasteiger partial charge in [0.25, 0.3) is 0 Å². The first-order valence-electron chi connectivity index (χ1n) is 6.91. The Morgan fingerprint density at radius 3 is 3.05 bits per heavy atom. The third-order valence-corrected chi connectivity index (χ3v) is 6.68. The molecule has 0 radical (unpaired) electrons. The van der Waals surface area contributed by atoms with Gasteiger partial charge in [-0.3, -0.25) is 0 Å². The Bertz CT molecular complexity index is 535. The van der Waals surface area contributed by atoms with Gasteiger partial charge in [0, 0.05) is 24.0 Å². The third kappa shape index (κ3) is 3.37. The van der Waals surface area contributed by atoms with Gasteiger partial charge in [0.1, 0.15) is 0 Å². The van der Waals surface area contributed by atoms with Gasteiger partial charge in [0.15, 0.2) is 0 Å². The minimum atomic E-state index is -3.08. The molecule has 2 heterocycles. The molecule has 0 bridgehead atoms. The van der Waals surface area contributed by atoms with Crippen LogP contribution in [-0.4, -0.2) is 37.6 Å². The van der Waals surface area contributed by atoms with Crippen LogP contribution in [-0.2, 0) is 23.0 Å². The van der Waals surface area contributed by atoms with Gasteiger partial charge >= 0.3 is 0 Å². The zero-order chi connectivity index (χ0) is 13.3. The van der Waals surface area contributed by atoms with Crippen molar-refractivity contribution in [1.82, 2.24) is 9.62 Å². The molecule has 0 spiro atoms. The fraction of sp³-hybridized carbons (Fsp3) is 0.692. The number of nitrogens with zero attached hydrogens (tertiary/aromatic N) is 1. The van der Waals surface area contributed by atoms with Gasteiger partial charge < -0.3 is 5.32 Å². The van der Waals surface area contributed by atoms with Crippen molar-refractivity contribution in [2.75, 3.05) is 18.8 Å². The lowest BCUT2D eigenvalue weighted by Gasteiger charge is -2.26. The Labute approximate surface area is 118 Å². The number of fused-ring (bicyclic) bond motifs is 1. The SMILES string of the molecule is O=S(=O)(CCCNC1CC1)N1CCc2sccc2C1. The molecule has 1 aliphatic heterocycles. The van der Waals surface area contributed by atoms with E-state index in [0.29, 0.717) is 25.6 Å². The Morgan fingerprint density at radius 2 is 2.26 bits per heavy atom. The maximum Gasteiger partial charge on any atom is 0.214 e. The van der Waals surface area contributed by atoms with Crippen LogP contribution >= 0.6 is 11.3 Å². The number of rotatable bonds is 6. The van der Waals surface area contributed by atoms with Crippen LogP contribution in [0.25, 0.3) is 0 Å². The molecule has 1 N–H and O–H groups in total. The van der Waals surface area contributed by atoms with Gasteiger partial charge in [-0.1, -0.05) is 0 Å². The van der Waals surface area contributed by atoms with Crippen molar-refractivity contribution >= 4 is 21.4 Å². The van der Waals surface area contributed by atoms with E-state index in [4.69, 9.17) is 0 Å². The van der Waals surface area contributed by atoms with Crippen LogP contribution in [0, 0.1) is 0 Å². The molecule has 1 saturated carbocycles. The fourth-order valence-corrected chi connectivity index (χ4v) is 4.80. The molecule has 1 aromatic heterocycles. The first kappa shape index (κ1) is 13.5. The molecule has 2 aliphatic rings. The second-order valence-electron chi connectivity index (χ2n) is 5.35. The number of hydrogen-bond acceptors (Lipinski definition) is 4. The smallest absolute Gasteiger partial charge is 0.214 e. The van der Waals surface area contributed by atoms with E-state index in [2.05, 4.69) is 16.8 Å². The van der Waals surface area contributed by atoms with Gasteiger partial charge in [-0.15, -0.1) is 11.3 Å². The van der Waals surface area contributed by atoms with Crippen molar-refractivity contribution in [3.63, 3.8) is 0 Å². The molecular formula is C13H20N2O2S2. The molecule has 106 valence electrons. The average Bonchev–Trinajstić information content (AvgIpc) is 3.09. The van der Waals surface area contributed by atoms with Gasteiger partial charge in [-0.25, -0.2) is 8.42 Å². The standard InChI is InChI=1S/C13H20N2O2S2/c16-19(17,9-1-6-14-12-2-3-12)15-7-4-13-11(10-15)5-8-18-13/h5,8,12,14H,1-4,6-7,9-10H2. The van der Waals surface area contributed by atoms with E-state index >= 15 is 0 Å². The molecule has 1 aromatic rings. The molecule has 3 rings (SSSR count). The van der Waals surface area contributed by atoms with Crippen molar-refractivity contribution in [2.24, 2.45) is 0 Å². The molecule has 0 amide bonds. The average molecular weight is 300 g/mol. The molecule has 0 saturated heterocycles. The van der Waals surface area contributed by atoms with Crippen LogP contribution in [0.15, 0.2) is 11.4 Å². The van der Waals surface area contributed by atoms with E-state index in [0.717, 1.165) is 13.0 Å². The number of thiophene rings is 1. The summed E-state index contributed by atoms with van der Waals surface area (Å²) in [5, 5.41) is 5.42. The van der Waals surface area contributed by atoms with E-state index in [-0.39, 0.29) is 5.75 Å². The normalized spacial score (nSPS) is 20.4. The predicted molar refractivity (Wildman–Crippen MR) is 77.9 cm³/mol. The topological polar surface area (TPSA) is 49.4 Å². The summed E-state index contributed by atoms with van der Waals surface area (Å²) in [6, 6.07) is 2.71. The molecule has 4 nitrogen and oxygen atoms in total. The van der Waals surface area contributed by atoms with E-state index in [1.165, 1.54) is 23.3 Å². The van der Waals surface area contributed by atoms with E-state index in [1.807, 2.05) is 0 Å². The molecule has 0 aromatic carbocycles. The maximum absolute atomic E-state index is 12.3. The highest BCUT2D eigenvalue weighted by atomic mass is 32.2. The summed E-state index contributed by atoms with van der Waals surface area (Å²) in [6.07, 6.45) is 4.08. The van der Waals surface area contributed by atoms with Crippen LogP contribution < -0.4 is 5.32 Å². The lowest BCUT2D eigenvalue weighted by molar-refractivity contribution is 0.393. The van der Waals surface area contributed by atoms with Crippen molar-refractivity contribution in [1.29, 1.82) is 0 Å². The largest absolute Gasteiger partial charge is 0.314 e. The molecular weight excluding hydrogens is 280 g/mol. The van der Waals surface area contributed by atoms with Gasteiger partial charge in [-0.2, -0.15) is 4.31 Å². The molecule has 6 heteroatoms. The van der Waals surface area contributed by atoms with Crippen molar-refractivity contribution in [3.8, 4) is 0 Å². The van der Waals surface area contributed by atoms with Crippen LogP contribution in [0.1, 0.15) is 29.7 Å². The van der Waals surface area contributed by atoms with Crippen LogP contribution in [0.5, 0.6) is 0 Å². The van der Waals surface area contributed by atoms with E-state index in [1.54, 1.807) is 15.6 Å². The summed E-state index contributed by atoms with van der Waals surface area (Å²) in [6.45, 7) is 2.03. The first-order chi connectivity index (χ1) is 9.15. The molecule has 1 fully saturated rings. The third-order valence-electron chi connectivity index (χ3n) is 3.76. The van der Waals surface area contributed by atoms with Gasteiger partial charge in [0.05, 0.1) is 5.75 Å². The second kappa shape index (κ2) is 5.52. The number of nitrogens with one attached hydrogen (secondary N) is 1. The van der Waals surface area contributed by atoms with Gasteiger partial charge in [0.2, 0.25) is 10.0 Å². The Kier molecular flexibility index (Phi) is 3.93. The summed E-state index contributed by atoms with van der Waals surface area (Å²) in [5.41, 5.74) is 1.19. The van der Waals surface area contributed by atoms with Crippen LogP contribution in [0.3, 0.4) is 0 Å². The van der Waals surface area contributed by atoms with E-state index < -0.39 is 10.0 Å². The van der Waals surface area contributed by atoms with Crippen LogP contribution in [0.4, 0.5) is 0 Å². The maximum atomic E-state index is 12.3. The highest BCUT2D eigenvalue weighted by Gasteiger charge is 2.27. The summed E-state index contributed by atoms with van der Waals surface area (Å²) in [7, 11) is -3.08. The summed E-state index contributed by atoms with van der Waals surface area (Å²) >= 11 is 1.74. The molecule has 0 atom stereocenters. The minimum absolute atomic E-state index is 0.270. The number of sulfonamides is 1. The quantitative estimate of drug-likeness (QED) is 0.812. The van der Waals surface area contributed by atoms with Crippen molar-refractivity contribution in [2.45, 2.75) is 38.3 Å². The highest BCUT2D eigenvalue weighted by Crippen LogP contribution is 2.25. The fourth-order valence-electron chi connectivity index (χ4n) is 2.44. The van der Waals surface area contributed by atoms with Crippen molar-refractivity contribution < 1.29 is 8.42 Å². The zero-order valence-corrected chi connectivity index (χ0v) is 12.6. The summed E-state index contributed by atoms with van der Waals surface area (Å²) in [5.74, 6) is 0.270. The zero-order valence-electron chi connectivity index (χ0n) is 11.0. The summed E-state index contributed by atoms with van der Waals surface area (Å²) < 4.78 is 26.2. The van der Waals surface area contributed by atoms with Crippen molar-refractivity contribution in [3.05, 3.63) is 21.9 Å². The number of hydrogen-bond donors (Lipinski definition) is 1. The lowest BCUT2D eigenvalue weighted by atomic mass is 10.1. The molecule has 19 heavy (non-hydrogen) atoms.